The van der Waals surface area contributed by atoms with Gasteiger partial charge in [-0.2, -0.15) is 11.1 Å². The second kappa shape index (κ2) is 8.84. The summed E-state index contributed by atoms with van der Waals surface area (Å²) in [6.07, 6.45) is -0.887. The van der Waals surface area contributed by atoms with E-state index in [2.05, 4.69) is 31.6 Å². The molecule has 0 amide bonds. The van der Waals surface area contributed by atoms with E-state index >= 15 is 0 Å². The van der Waals surface area contributed by atoms with Crippen LogP contribution in [0, 0.1) is 0 Å². The molecule has 2 heterocycles. The molecule has 1 aliphatic heterocycles. The topological polar surface area (TPSA) is 224 Å². The van der Waals surface area contributed by atoms with Crippen LogP contribution in [0.5, 0.6) is 0 Å². The fraction of sp³-hybridized carbons (Fsp3) is 0.278. The van der Waals surface area contributed by atoms with E-state index in [1.807, 2.05) is 6.07 Å². The lowest BCUT2D eigenvalue weighted by Crippen LogP contribution is -2.39. The van der Waals surface area contributed by atoms with Gasteiger partial charge in [0.1, 0.15) is 16.0 Å². The van der Waals surface area contributed by atoms with Gasteiger partial charge in [-0.05, 0) is 24.6 Å². The van der Waals surface area contributed by atoms with Crippen molar-refractivity contribution in [1.82, 2.24) is 36.2 Å². The van der Waals surface area contributed by atoms with Crippen LogP contribution in [-0.4, -0.2) is 39.0 Å². The molecule has 11 N–H and O–H groups in total. The van der Waals surface area contributed by atoms with E-state index < -0.39 is 42.0 Å². The third-order valence-electron chi connectivity index (χ3n) is 5.46. The van der Waals surface area contributed by atoms with Crippen LogP contribution in [0.15, 0.2) is 40.1 Å². The summed E-state index contributed by atoms with van der Waals surface area (Å²) in [5, 5.41) is 5.59. The first-order chi connectivity index (χ1) is 16.0. The number of benzene rings is 2. The number of nitrogens with two attached hydrogens (primary N) is 3. The van der Waals surface area contributed by atoms with Crippen molar-refractivity contribution in [2.75, 3.05) is 12.3 Å². The highest BCUT2D eigenvalue weighted by molar-refractivity contribution is 7.92. The molecule has 2 aromatic carbocycles. The van der Waals surface area contributed by atoms with Gasteiger partial charge in [0.15, 0.2) is 0 Å². The molecule has 0 bridgehead atoms. The third-order valence-corrected chi connectivity index (χ3v) is 8.23. The highest BCUT2D eigenvalue weighted by Gasteiger charge is 2.35. The fourth-order valence-electron chi connectivity index (χ4n) is 3.83. The van der Waals surface area contributed by atoms with Crippen LogP contribution in [0.2, 0.25) is 0 Å². The van der Waals surface area contributed by atoms with E-state index in [-0.39, 0.29) is 18.1 Å². The highest BCUT2D eigenvalue weighted by Crippen LogP contribution is 2.39. The van der Waals surface area contributed by atoms with E-state index in [1.54, 1.807) is 30.7 Å². The molecule has 1 atom stereocenters. The number of aromatic nitrogens is 2. The number of nitrogen functional groups attached to an aromatic ring is 1. The van der Waals surface area contributed by atoms with Gasteiger partial charge >= 0.3 is 0 Å². The number of rotatable bonds is 7. The minimum atomic E-state index is -4.55. The lowest BCUT2D eigenvalue weighted by molar-refractivity contribution is 0.531. The number of nitrogens with zero attached hydrogens (tertiary/aromatic N) is 2. The molecule has 0 saturated carbocycles. The summed E-state index contributed by atoms with van der Waals surface area (Å²) in [5.41, 5.74) is 24.6. The van der Waals surface area contributed by atoms with Gasteiger partial charge < -0.3 is 16.0 Å². The number of anilines is 1. The molecule has 1 aliphatic rings. The zero-order chi connectivity index (χ0) is 24.8. The number of primary sulfonamides is 1. The van der Waals surface area contributed by atoms with Gasteiger partial charge in [0.25, 0.3) is 0 Å². The summed E-state index contributed by atoms with van der Waals surface area (Å²) < 4.78 is 56.1. The summed E-state index contributed by atoms with van der Waals surface area (Å²) in [6, 6.07) is 7.38. The monoisotopic (exact) mass is 510 g/mol. The van der Waals surface area contributed by atoms with Crippen molar-refractivity contribution in [3.63, 3.8) is 0 Å². The summed E-state index contributed by atoms with van der Waals surface area (Å²) >= 11 is 0. The zero-order valence-electron chi connectivity index (χ0n) is 18.3. The van der Waals surface area contributed by atoms with Gasteiger partial charge in [-0.1, -0.05) is 18.2 Å². The second-order valence-electron chi connectivity index (χ2n) is 7.83. The Morgan fingerprint density at radius 2 is 1.79 bits per heavy atom. The van der Waals surface area contributed by atoms with E-state index in [9.17, 15) is 16.8 Å². The number of hydrazine groups is 3. The Morgan fingerprint density at radius 1 is 1.12 bits per heavy atom. The maximum absolute atomic E-state index is 13.2. The normalized spacial score (nSPS) is 16.4. The molecule has 1 saturated heterocycles. The van der Waals surface area contributed by atoms with Crippen LogP contribution in [0.1, 0.15) is 18.7 Å². The predicted molar refractivity (Wildman–Crippen MR) is 126 cm³/mol. The lowest BCUT2D eigenvalue weighted by atomic mass is 9.96. The molecular formula is C18H26N10O4S2. The number of hydrogen-bond acceptors (Lipinski definition) is 11. The van der Waals surface area contributed by atoms with Crippen LogP contribution < -0.4 is 43.2 Å². The Balaban J connectivity index is 2.09. The maximum atomic E-state index is 13.2. The Kier molecular flexibility index (Phi) is 6.36. The largest absolute Gasteiger partial charge is 0.369 e. The van der Waals surface area contributed by atoms with E-state index in [0.717, 1.165) is 0 Å². The summed E-state index contributed by atoms with van der Waals surface area (Å²) in [6.45, 7) is 1.57. The molecule has 184 valence electrons. The molecule has 0 aliphatic carbocycles. The first-order valence-electron chi connectivity index (χ1n) is 10.1. The minimum absolute atomic E-state index is 0.0115. The van der Waals surface area contributed by atoms with Crippen molar-refractivity contribution < 1.29 is 16.8 Å². The lowest BCUT2D eigenvalue weighted by Gasteiger charge is -2.22. The maximum Gasteiger partial charge on any atom is 0.242 e. The molecule has 1 aromatic heterocycles. The first-order valence-corrected chi connectivity index (χ1v) is 13.1. The van der Waals surface area contributed by atoms with Crippen LogP contribution in [0.3, 0.4) is 0 Å². The van der Waals surface area contributed by atoms with Gasteiger partial charge in [-0.3, -0.25) is 0 Å². The third kappa shape index (κ3) is 4.26. The van der Waals surface area contributed by atoms with Crippen molar-refractivity contribution >= 4 is 37.0 Å². The second-order valence-corrected chi connectivity index (χ2v) is 11.0. The van der Waals surface area contributed by atoms with Gasteiger partial charge in [0.2, 0.25) is 26.0 Å². The number of imidazole rings is 1. The number of para-hydroxylation sites is 1. The molecule has 0 unspecified atom stereocenters. The zero-order valence-corrected chi connectivity index (χ0v) is 20.0. The molecule has 0 spiro atoms. The van der Waals surface area contributed by atoms with Gasteiger partial charge in [-0.25, -0.2) is 42.5 Å². The van der Waals surface area contributed by atoms with E-state index in [0.29, 0.717) is 22.2 Å². The Morgan fingerprint density at radius 3 is 2.41 bits per heavy atom. The average molecular weight is 511 g/mol. The molecular weight excluding hydrogens is 484 g/mol. The number of fused-ring (bicyclic) bond motifs is 1. The standard InChI is InChI=1S/C18H26N10O4S2/c1-9(8-19)25-34(31,32)13-7-6-10(11-4-3-5-12-15(11)22-18(20)28(12)2)14(16(13)33(21,29)30)17-23-26-27-24-17/h3-7,9,17,23-27H,8,19H2,1-2H3,(H2,20,22)(H2,21,29,30)/t9-/m1/s1. The molecule has 1 fully saturated rings. The first kappa shape index (κ1) is 24.5. The SMILES string of the molecule is C[C@H](CN)NS(=O)(=O)c1ccc(-c2cccc3c2nc(N)n3C)c(C2NNNN2)c1S(N)(=O)=O. The van der Waals surface area contributed by atoms with Gasteiger partial charge in [0, 0.05) is 30.8 Å². The molecule has 3 aromatic rings. The van der Waals surface area contributed by atoms with Crippen molar-refractivity contribution in [3.8, 4) is 11.1 Å². The Hall–Kier alpha value is -2.67. The van der Waals surface area contributed by atoms with E-state index in [4.69, 9.17) is 16.6 Å². The number of nitrogens with one attached hydrogen (secondary N) is 5. The van der Waals surface area contributed by atoms with Crippen molar-refractivity contribution in [2.45, 2.75) is 28.9 Å². The number of sulfonamides is 2. The van der Waals surface area contributed by atoms with Crippen LogP contribution in [0.25, 0.3) is 22.2 Å². The molecule has 16 heteroatoms. The molecule has 34 heavy (non-hydrogen) atoms. The molecule has 0 radical (unpaired) electrons. The average Bonchev–Trinajstić information content (AvgIpc) is 3.40. The highest BCUT2D eigenvalue weighted by atomic mass is 32.2. The van der Waals surface area contributed by atoms with Crippen LogP contribution >= 0.6 is 0 Å². The smallest absolute Gasteiger partial charge is 0.242 e. The minimum Gasteiger partial charge on any atom is -0.369 e. The Bertz CT molecular complexity index is 1460. The van der Waals surface area contributed by atoms with Gasteiger partial charge in [0.05, 0.1) is 11.0 Å². The van der Waals surface area contributed by atoms with E-state index in [1.165, 1.54) is 12.1 Å². The van der Waals surface area contributed by atoms with Gasteiger partial charge in [-0.15, -0.1) is 0 Å². The molecule has 14 nitrogen and oxygen atoms in total. The summed E-state index contributed by atoms with van der Waals surface area (Å²) in [5.74, 6) is 0.260. The summed E-state index contributed by atoms with van der Waals surface area (Å²) in [4.78, 5) is 3.34. The van der Waals surface area contributed by atoms with Crippen molar-refractivity contribution in [2.24, 2.45) is 17.9 Å². The predicted octanol–water partition coefficient (Wildman–Crippen LogP) is -1.79. The van der Waals surface area contributed by atoms with Crippen LogP contribution in [-0.2, 0) is 27.1 Å². The Labute approximate surface area is 196 Å². The number of hydrogen-bond donors (Lipinski definition) is 8. The van der Waals surface area contributed by atoms with Crippen molar-refractivity contribution in [3.05, 3.63) is 35.9 Å². The van der Waals surface area contributed by atoms with Crippen LogP contribution in [0.4, 0.5) is 5.95 Å². The number of aryl methyl sites for hydroxylation is 1. The molecule has 4 rings (SSSR count). The quantitative estimate of drug-likeness (QED) is 0.177. The van der Waals surface area contributed by atoms with Crippen molar-refractivity contribution in [1.29, 1.82) is 0 Å². The summed E-state index contributed by atoms with van der Waals surface area (Å²) in [7, 11) is -7.11. The fourth-order valence-corrected chi connectivity index (χ4v) is 6.74.